The molecule has 0 aromatic heterocycles. The first-order valence-electron chi connectivity index (χ1n) is 11.8. The molecular formula is C22H42N4S4. The van der Waals surface area contributed by atoms with Gasteiger partial charge in [0.15, 0.2) is 0 Å². The van der Waals surface area contributed by atoms with E-state index >= 15 is 0 Å². The number of likely N-dealkylation sites (N-methyl/N-ethyl adjacent to an activating group) is 2. The lowest BCUT2D eigenvalue weighted by Crippen LogP contribution is -2.45. The molecule has 8 heteroatoms. The van der Waals surface area contributed by atoms with Crippen LogP contribution < -0.4 is 0 Å². The molecule has 0 unspecified atom stereocenters. The van der Waals surface area contributed by atoms with Crippen molar-refractivity contribution in [3.63, 3.8) is 0 Å². The van der Waals surface area contributed by atoms with Crippen LogP contribution in [0, 0.1) is 0 Å². The summed E-state index contributed by atoms with van der Waals surface area (Å²) in [7, 11) is 4.38. The molecule has 30 heavy (non-hydrogen) atoms. The van der Waals surface area contributed by atoms with Gasteiger partial charge in [0.2, 0.25) is 0 Å². The van der Waals surface area contributed by atoms with Gasteiger partial charge in [0.25, 0.3) is 0 Å². The van der Waals surface area contributed by atoms with Crippen LogP contribution in [0.4, 0.5) is 0 Å². The average Bonchev–Trinajstić information content (AvgIpc) is 2.75. The summed E-state index contributed by atoms with van der Waals surface area (Å²) in [6.45, 7) is 8.96. The molecule has 0 atom stereocenters. The van der Waals surface area contributed by atoms with Gasteiger partial charge >= 0.3 is 0 Å². The molecule has 0 bridgehead atoms. The third-order valence-electron chi connectivity index (χ3n) is 6.01. The highest BCUT2D eigenvalue weighted by atomic mass is 32.2. The minimum absolute atomic E-state index is 1.10. The fourth-order valence-electron chi connectivity index (χ4n) is 3.74. The SMILES string of the molecule is CN1CCN(C(=S)SCCCCCCCCCCSC(=S)N2CCN(C)CC2)CC1. The molecule has 2 aliphatic rings. The summed E-state index contributed by atoms with van der Waals surface area (Å²) in [5.41, 5.74) is 0. The Morgan fingerprint density at radius 2 is 0.833 bits per heavy atom. The molecule has 0 saturated carbocycles. The molecule has 0 aromatic rings. The molecule has 0 amide bonds. The third-order valence-corrected chi connectivity index (χ3v) is 9.23. The van der Waals surface area contributed by atoms with E-state index in [1.165, 1.54) is 62.9 Å². The highest BCUT2D eigenvalue weighted by molar-refractivity contribution is 8.23. The largest absolute Gasteiger partial charge is 0.355 e. The van der Waals surface area contributed by atoms with Crippen molar-refractivity contribution in [2.75, 3.05) is 78.0 Å². The molecule has 2 fully saturated rings. The van der Waals surface area contributed by atoms with Crippen molar-refractivity contribution in [2.24, 2.45) is 0 Å². The topological polar surface area (TPSA) is 13.0 Å². The first kappa shape index (κ1) is 26.7. The number of piperazine rings is 2. The van der Waals surface area contributed by atoms with Crippen LogP contribution >= 0.6 is 48.0 Å². The maximum atomic E-state index is 5.60. The van der Waals surface area contributed by atoms with E-state index in [4.69, 9.17) is 24.4 Å². The molecule has 2 saturated heterocycles. The van der Waals surface area contributed by atoms with Crippen molar-refractivity contribution in [1.82, 2.24) is 19.6 Å². The maximum absolute atomic E-state index is 5.60. The third kappa shape index (κ3) is 11.3. The van der Waals surface area contributed by atoms with Crippen molar-refractivity contribution in [2.45, 2.75) is 51.4 Å². The molecular weight excluding hydrogens is 449 g/mol. The number of nitrogens with zero attached hydrogens (tertiary/aromatic N) is 4. The van der Waals surface area contributed by atoms with Crippen LogP contribution in [-0.4, -0.2) is 106 Å². The van der Waals surface area contributed by atoms with Crippen molar-refractivity contribution in [1.29, 1.82) is 0 Å². The predicted octanol–water partition coefficient (Wildman–Crippen LogP) is 4.64. The Morgan fingerprint density at radius 1 is 0.533 bits per heavy atom. The second-order valence-corrected chi connectivity index (χ2v) is 12.1. The van der Waals surface area contributed by atoms with Gasteiger partial charge < -0.3 is 19.6 Å². The molecule has 2 aliphatic heterocycles. The number of rotatable bonds is 11. The highest BCUT2D eigenvalue weighted by Gasteiger charge is 2.17. The van der Waals surface area contributed by atoms with Crippen LogP contribution in [0.5, 0.6) is 0 Å². The van der Waals surface area contributed by atoms with E-state index in [0.29, 0.717) is 0 Å². The lowest BCUT2D eigenvalue weighted by molar-refractivity contribution is 0.220. The molecule has 2 rings (SSSR count). The van der Waals surface area contributed by atoms with E-state index in [0.717, 1.165) is 61.0 Å². The van der Waals surface area contributed by atoms with E-state index in [1.807, 2.05) is 23.5 Å². The summed E-state index contributed by atoms with van der Waals surface area (Å²) in [6.07, 6.45) is 10.9. The molecule has 174 valence electrons. The normalized spacial score (nSPS) is 18.7. The van der Waals surface area contributed by atoms with Crippen LogP contribution in [-0.2, 0) is 0 Å². The summed E-state index contributed by atoms with van der Waals surface area (Å²) in [5.74, 6) is 2.38. The Morgan fingerprint density at radius 3 is 1.17 bits per heavy atom. The molecule has 0 radical (unpaired) electrons. The molecule has 2 heterocycles. The quantitative estimate of drug-likeness (QED) is 0.303. The molecule has 0 aromatic carbocycles. The average molecular weight is 491 g/mol. The number of thiocarbonyl (C=S) groups is 2. The summed E-state index contributed by atoms with van der Waals surface area (Å²) >= 11 is 15.0. The molecule has 0 N–H and O–H groups in total. The molecule has 0 spiro atoms. The van der Waals surface area contributed by atoms with Crippen LogP contribution in [0.2, 0.25) is 0 Å². The number of unbranched alkanes of at least 4 members (excludes halogenated alkanes) is 7. The van der Waals surface area contributed by atoms with E-state index in [9.17, 15) is 0 Å². The van der Waals surface area contributed by atoms with Crippen molar-refractivity contribution < 1.29 is 0 Å². The number of hydrogen-bond acceptors (Lipinski definition) is 6. The van der Waals surface area contributed by atoms with Crippen LogP contribution in [0.15, 0.2) is 0 Å². The van der Waals surface area contributed by atoms with Gasteiger partial charge in [0.1, 0.15) is 8.64 Å². The van der Waals surface area contributed by atoms with Crippen LogP contribution in [0.25, 0.3) is 0 Å². The van der Waals surface area contributed by atoms with E-state index in [1.54, 1.807) is 0 Å². The minimum Gasteiger partial charge on any atom is -0.355 e. The highest BCUT2D eigenvalue weighted by Crippen LogP contribution is 2.17. The van der Waals surface area contributed by atoms with Crippen molar-refractivity contribution in [3.8, 4) is 0 Å². The first-order chi connectivity index (χ1) is 14.6. The van der Waals surface area contributed by atoms with Crippen LogP contribution in [0.1, 0.15) is 51.4 Å². The van der Waals surface area contributed by atoms with Gasteiger partial charge in [-0.3, -0.25) is 0 Å². The summed E-state index contributed by atoms with van der Waals surface area (Å²) in [4.78, 5) is 9.53. The zero-order valence-electron chi connectivity index (χ0n) is 19.1. The zero-order valence-corrected chi connectivity index (χ0v) is 22.4. The zero-order chi connectivity index (χ0) is 21.6. The second-order valence-electron chi connectivity index (χ2n) is 8.64. The Bertz CT molecular complexity index is 446. The summed E-state index contributed by atoms with van der Waals surface area (Å²) in [5, 5.41) is 0. The van der Waals surface area contributed by atoms with Gasteiger partial charge in [-0.15, -0.1) is 0 Å². The van der Waals surface area contributed by atoms with Gasteiger partial charge in [-0.2, -0.15) is 0 Å². The van der Waals surface area contributed by atoms with Gasteiger partial charge in [-0.1, -0.05) is 86.5 Å². The Kier molecular flexibility index (Phi) is 14.3. The number of hydrogen-bond donors (Lipinski definition) is 0. The smallest absolute Gasteiger partial charge is 0.136 e. The van der Waals surface area contributed by atoms with Gasteiger partial charge in [0.05, 0.1) is 0 Å². The lowest BCUT2D eigenvalue weighted by Gasteiger charge is -2.33. The predicted molar refractivity (Wildman–Crippen MR) is 145 cm³/mol. The first-order valence-corrected chi connectivity index (χ1v) is 14.6. The van der Waals surface area contributed by atoms with E-state index < -0.39 is 0 Å². The monoisotopic (exact) mass is 490 g/mol. The second kappa shape index (κ2) is 16.1. The summed E-state index contributed by atoms with van der Waals surface area (Å²) in [6, 6.07) is 0. The van der Waals surface area contributed by atoms with E-state index in [-0.39, 0.29) is 0 Å². The Balaban J connectivity index is 1.32. The molecule has 4 nitrogen and oxygen atoms in total. The van der Waals surface area contributed by atoms with Gasteiger partial charge in [0, 0.05) is 63.9 Å². The Hall–Kier alpha value is 0.400. The minimum atomic E-state index is 1.10. The maximum Gasteiger partial charge on any atom is 0.136 e. The van der Waals surface area contributed by atoms with Gasteiger partial charge in [-0.05, 0) is 26.9 Å². The van der Waals surface area contributed by atoms with E-state index in [2.05, 4.69) is 33.7 Å². The number of thioether (sulfide) groups is 2. The molecule has 0 aliphatic carbocycles. The standard InChI is InChI=1S/C22H42N4S4/c1-23-11-15-25(16-12-23)21(27)29-19-9-7-5-3-4-6-8-10-20-30-22(28)26-17-13-24(2)14-18-26/h3-20H2,1-2H3. The van der Waals surface area contributed by atoms with Crippen molar-refractivity contribution in [3.05, 3.63) is 0 Å². The fraction of sp³-hybridized carbons (Fsp3) is 0.909. The van der Waals surface area contributed by atoms with Crippen LogP contribution in [0.3, 0.4) is 0 Å². The fourth-order valence-corrected chi connectivity index (χ4v) is 6.39. The van der Waals surface area contributed by atoms with Crippen molar-refractivity contribution >= 4 is 56.6 Å². The van der Waals surface area contributed by atoms with Gasteiger partial charge in [-0.25, -0.2) is 0 Å². The summed E-state index contributed by atoms with van der Waals surface area (Å²) < 4.78 is 2.24. The Labute approximate surface area is 204 Å². The lowest BCUT2D eigenvalue weighted by atomic mass is 10.1.